The van der Waals surface area contributed by atoms with E-state index in [1.165, 1.54) is 0 Å². The van der Waals surface area contributed by atoms with Crippen molar-refractivity contribution in [3.8, 4) is 0 Å². The van der Waals surface area contributed by atoms with Crippen LogP contribution in [0.3, 0.4) is 0 Å². The van der Waals surface area contributed by atoms with Crippen molar-refractivity contribution in [2.45, 2.75) is 34.1 Å². The highest BCUT2D eigenvalue weighted by atomic mass is 79.9. The normalized spacial score (nSPS) is 11.4. The van der Waals surface area contributed by atoms with Gasteiger partial charge in [-0.15, -0.1) is 0 Å². The molecule has 1 heterocycles. The number of rotatable bonds is 5. The Morgan fingerprint density at radius 2 is 2.11 bits per heavy atom. The van der Waals surface area contributed by atoms with E-state index in [1.54, 1.807) is 6.07 Å². The second-order valence-electron chi connectivity index (χ2n) is 5.18. The predicted molar refractivity (Wildman–Crippen MR) is 76.1 cm³/mol. The zero-order valence-corrected chi connectivity index (χ0v) is 13.0. The highest BCUT2D eigenvalue weighted by Crippen LogP contribution is 2.17. The number of halogens is 1. The maximum absolute atomic E-state index is 12.1. The zero-order chi connectivity index (χ0) is 13.8. The van der Waals surface area contributed by atoms with Crippen LogP contribution in [0.2, 0.25) is 0 Å². The molecule has 0 aliphatic rings. The molecule has 5 heteroatoms. The molecule has 1 rings (SSSR count). The Balaban J connectivity index is 2.81. The van der Waals surface area contributed by atoms with Gasteiger partial charge in [0.1, 0.15) is 0 Å². The lowest BCUT2D eigenvalue weighted by Crippen LogP contribution is -2.35. The number of hydrogen-bond donors (Lipinski definition) is 1. The number of amides is 1. The Hall–Kier alpha value is -0.970. The van der Waals surface area contributed by atoms with Crippen LogP contribution >= 0.6 is 15.9 Å². The monoisotopic (exact) mass is 313 g/mol. The first kappa shape index (κ1) is 15.1. The third-order valence-electron chi connectivity index (χ3n) is 2.66. The zero-order valence-electron chi connectivity index (χ0n) is 11.4. The number of alkyl halides is 1. The van der Waals surface area contributed by atoms with Crippen molar-refractivity contribution >= 4 is 21.8 Å². The van der Waals surface area contributed by atoms with Crippen molar-refractivity contribution < 1.29 is 4.79 Å². The molecule has 1 N–H and O–H groups in total. The number of nitrogens with one attached hydrogen (secondary N) is 1. The van der Waals surface area contributed by atoms with Gasteiger partial charge in [0.2, 0.25) is 0 Å². The number of nitrogens with zero attached hydrogens (tertiary/aromatic N) is 2. The van der Waals surface area contributed by atoms with Gasteiger partial charge in [0.05, 0.1) is 17.0 Å². The van der Waals surface area contributed by atoms with Crippen molar-refractivity contribution in [2.75, 3.05) is 11.9 Å². The highest BCUT2D eigenvalue weighted by molar-refractivity contribution is 9.09. The molecule has 100 valence electrons. The third-order valence-corrected chi connectivity index (χ3v) is 4.18. The summed E-state index contributed by atoms with van der Waals surface area (Å²) >= 11 is 3.44. The van der Waals surface area contributed by atoms with Crippen LogP contribution in [-0.4, -0.2) is 28.0 Å². The van der Waals surface area contributed by atoms with Crippen molar-refractivity contribution in [2.24, 2.45) is 5.41 Å². The second kappa shape index (κ2) is 6.27. The lowest BCUT2D eigenvalue weighted by molar-refractivity contribution is 0.0938. The molecule has 0 aliphatic heterocycles. The van der Waals surface area contributed by atoms with Crippen LogP contribution < -0.4 is 5.32 Å². The van der Waals surface area contributed by atoms with E-state index in [2.05, 4.69) is 45.3 Å². The van der Waals surface area contributed by atoms with E-state index >= 15 is 0 Å². The van der Waals surface area contributed by atoms with E-state index in [0.717, 1.165) is 16.7 Å². The number of hydrogen-bond acceptors (Lipinski definition) is 3. The van der Waals surface area contributed by atoms with Gasteiger partial charge in [0.25, 0.3) is 5.91 Å². The van der Waals surface area contributed by atoms with E-state index in [9.17, 15) is 4.79 Å². The summed E-state index contributed by atoms with van der Waals surface area (Å²) in [5.41, 5.74) is 2.18. The van der Waals surface area contributed by atoms with E-state index in [1.807, 2.05) is 13.8 Å². The maximum Gasteiger partial charge on any atom is 0.253 e. The Morgan fingerprint density at radius 1 is 1.44 bits per heavy atom. The predicted octanol–water partition coefficient (Wildman–Crippen LogP) is 2.50. The quantitative estimate of drug-likeness (QED) is 0.850. The smallest absolute Gasteiger partial charge is 0.253 e. The summed E-state index contributed by atoms with van der Waals surface area (Å²) in [4.78, 5) is 12.1. The fourth-order valence-corrected chi connectivity index (χ4v) is 1.63. The van der Waals surface area contributed by atoms with E-state index < -0.39 is 0 Å². The van der Waals surface area contributed by atoms with E-state index in [-0.39, 0.29) is 11.3 Å². The number of carbonyl (C=O) groups is 1. The summed E-state index contributed by atoms with van der Waals surface area (Å²) in [5, 5.41) is 11.8. The first-order chi connectivity index (χ1) is 8.39. The average molecular weight is 314 g/mol. The van der Waals surface area contributed by atoms with Crippen LogP contribution in [0.5, 0.6) is 0 Å². The van der Waals surface area contributed by atoms with Crippen LogP contribution in [-0.2, 0) is 6.42 Å². The molecule has 0 saturated heterocycles. The Labute approximate surface area is 117 Å². The molecule has 1 aromatic heterocycles. The number of aryl methyl sites for hydroxylation is 2. The van der Waals surface area contributed by atoms with Crippen molar-refractivity contribution in [3.63, 3.8) is 0 Å². The molecule has 0 unspecified atom stereocenters. The molecule has 0 saturated carbocycles. The van der Waals surface area contributed by atoms with Gasteiger partial charge in [-0.05, 0) is 24.8 Å². The minimum Gasteiger partial charge on any atom is -0.351 e. The van der Waals surface area contributed by atoms with Gasteiger partial charge in [-0.1, -0.05) is 36.7 Å². The molecular formula is C13H20BrN3O. The largest absolute Gasteiger partial charge is 0.351 e. The summed E-state index contributed by atoms with van der Waals surface area (Å²) in [7, 11) is 0. The fraction of sp³-hybridized carbons (Fsp3) is 0.615. The minimum atomic E-state index is -0.0705. The Kier molecular flexibility index (Phi) is 5.26. The summed E-state index contributed by atoms with van der Waals surface area (Å²) in [6.45, 7) is 8.63. The number of carbonyl (C=O) groups excluding carboxylic acids is 1. The van der Waals surface area contributed by atoms with Gasteiger partial charge in [0, 0.05) is 11.9 Å². The number of aromatic nitrogens is 2. The van der Waals surface area contributed by atoms with Gasteiger partial charge in [-0.2, -0.15) is 10.2 Å². The summed E-state index contributed by atoms with van der Waals surface area (Å²) in [5.74, 6) is -0.0705. The first-order valence-electron chi connectivity index (χ1n) is 6.07. The second-order valence-corrected chi connectivity index (χ2v) is 5.74. The van der Waals surface area contributed by atoms with E-state index in [0.29, 0.717) is 18.5 Å². The lowest BCUT2D eigenvalue weighted by Gasteiger charge is -2.22. The molecule has 0 aromatic carbocycles. The Bertz CT molecular complexity index is 432. The van der Waals surface area contributed by atoms with Crippen LogP contribution in [0.4, 0.5) is 0 Å². The first-order valence-corrected chi connectivity index (χ1v) is 7.19. The molecule has 18 heavy (non-hydrogen) atoms. The summed E-state index contributed by atoms with van der Waals surface area (Å²) < 4.78 is 0. The SMILES string of the molecule is CCc1nnc(C)cc1C(=O)NCC(C)(C)CBr. The van der Waals surface area contributed by atoms with Gasteiger partial charge < -0.3 is 5.32 Å². The Morgan fingerprint density at radius 3 is 2.67 bits per heavy atom. The van der Waals surface area contributed by atoms with Gasteiger partial charge in [-0.3, -0.25) is 4.79 Å². The van der Waals surface area contributed by atoms with Gasteiger partial charge in [0.15, 0.2) is 0 Å². The molecule has 0 aliphatic carbocycles. The van der Waals surface area contributed by atoms with Crippen LogP contribution in [0.1, 0.15) is 42.5 Å². The fourth-order valence-electron chi connectivity index (χ4n) is 1.43. The minimum absolute atomic E-state index is 0.0392. The third kappa shape index (κ3) is 4.05. The van der Waals surface area contributed by atoms with E-state index in [4.69, 9.17) is 0 Å². The van der Waals surface area contributed by atoms with Crippen LogP contribution in [0, 0.1) is 12.3 Å². The molecular weight excluding hydrogens is 294 g/mol. The van der Waals surface area contributed by atoms with Crippen LogP contribution in [0.25, 0.3) is 0 Å². The molecule has 0 atom stereocenters. The van der Waals surface area contributed by atoms with Crippen molar-refractivity contribution in [1.29, 1.82) is 0 Å². The standard InChI is InChI=1S/C13H20BrN3O/c1-5-11-10(6-9(2)16-17-11)12(18)15-8-13(3,4)7-14/h6H,5,7-8H2,1-4H3,(H,15,18). The van der Waals surface area contributed by atoms with Gasteiger partial charge in [-0.25, -0.2) is 0 Å². The topological polar surface area (TPSA) is 54.9 Å². The summed E-state index contributed by atoms with van der Waals surface area (Å²) in [6, 6.07) is 1.79. The summed E-state index contributed by atoms with van der Waals surface area (Å²) in [6.07, 6.45) is 0.706. The lowest BCUT2D eigenvalue weighted by atomic mass is 9.96. The molecule has 0 spiro atoms. The van der Waals surface area contributed by atoms with Crippen LogP contribution in [0.15, 0.2) is 6.07 Å². The molecule has 1 amide bonds. The molecule has 0 fully saturated rings. The molecule has 1 aromatic rings. The highest BCUT2D eigenvalue weighted by Gasteiger charge is 2.19. The van der Waals surface area contributed by atoms with Gasteiger partial charge >= 0.3 is 0 Å². The average Bonchev–Trinajstić information content (AvgIpc) is 2.36. The maximum atomic E-state index is 12.1. The van der Waals surface area contributed by atoms with Crippen molar-refractivity contribution in [3.05, 3.63) is 23.0 Å². The molecule has 0 bridgehead atoms. The molecule has 0 radical (unpaired) electrons. The van der Waals surface area contributed by atoms with Crippen molar-refractivity contribution in [1.82, 2.24) is 15.5 Å². The molecule has 4 nitrogen and oxygen atoms in total.